The third-order valence-electron chi connectivity index (χ3n) is 3.78. The third kappa shape index (κ3) is 4.66. The van der Waals surface area contributed by atoms with Gasteiger partial charge in [0.1, 0.15) is 0 Å². The average Bonchev–Trinajstić information content (AvgIpc) is 2.54. The molecule has 1 aliphatic rings. The predicted molar refractivity (Wildman–Crippen MR) is 86.4 cm³/mol. The fourth-order valence-corrected chi connectivity index (χ4v) is 3.56. The van der Waals surface area contributed by atoms with Crippen LogP contribution < -0.4 is 15.1 Å². The van der Waals surface area contributed by atoms with Gasteiger partial charge in [0, 0.05) is 24.5 Å². The molecule has 134 valence electrons. The maximum Gasteiger partial charge on any atom is 0.264 e. The molecule has 2 N–H and O–H groups in total. The maximum absolute atomic E-state index is 12.3. The van der Waals surface area contributed by atoms with Crippen LogP contribution in [0.1, 0.15) is 19.8 Å². The van der Waals surface area contributed by atoms with Crippen LogP contribution in [0.25, 0.3) is 0 Å². The number of carboxylic acids is 1. The van der Waals surface area contributed by atoms with Gasteiger partial charge in [0.2, 0.25) is 11.8 Å². The number of hydrogen-bond donors (Lipinski definition) is 2. The molecule has 2 rings (SSSR count). The van der Waals surface area contributed by atoms with E-state index in [1.807, 2.05) is 4.72 Å². The number of rotatable bonds is 5. The Balaban J connectivity index is 2.10. The van der Waals surface area contributed by atoms with Crippen molar-refractivity contribution in [2.24, 2.45) is 11.8 Å². The summed E-state index contributed by atoms with van der Waals surface area (Å²) in [6.45, 7) is 1.08. The van der Waals surface area contributed by atoms with Crippen LogP contribution in [0.5, 0.6) is 0 Å². The molecule has 0 aromatic heterocycles. The van der Waals surface area contributed by atoms with Crippen molar-refractivity contribution < 1.29 is 27.9 Å². The minimum Gasteiger partial charge on any atom is -0.550 e. The Morgan fingerprint density at radius 2 is 1.60 bits per heavy atom. The van der Waals surface area contributed by atoms with Gasteiger partial charge in [0.05, 0.1) is 10.8 Å². The lowest BCUT2D eigenvalue weighted by molar-refractivity contribution is -0.313. The van der Waals surface area contributed by atoms with Crippen LogP contribution in [0.4, 0.5) is 5.69 Å². The molecular weight excluding hydrogens is 348 g/mol. The third-order valence-corrected chi connectivity index (χ3v) is 5.23. The Morgan fingerprint density at radius 1 is 1.04 bits per heavy atom. The number of carbonyl (C=O) groups is 3. The highest BCUT2D eigenvalue weighted by Gasteiger charge is 2.29. The van der Waals surface area contributed by atoms with Crippen molar-refractivity contribution >= 4 is 33.5 Å². The lowest BCUT2D eigenvalue weighted by Crippen LogP contribution is -2.41. The standard InChI is InChI=1S/C16H18N2O6S/c1-10(19)18-25(23,24)12-8-6-11(7-9-12)17-15(20)13-4-2-3-5-14(13)16(21)22/h2-3,6-9,13-14H,4-5H2,1H3,(H,17,20)(H,18,19)(H,21,22)/p-1/t13-,14+/m0/s1. The zero-order chi connectivity index (χ0) is 18.6. The Hall–Kier alpha value is -2.68. The summed E-state index contributed by atoms with van der Waals surface area (Å²) in [6, 6.07) is 5.19. The number of anilines is 1. The molecule has 2 atom stereocenters. The Morgan fingerprint density at radius 3 is 2.12 bits per heavy atom. The van der Waals surface area contributed by atoms with Gasteiger partial charge < -0.3 is 15.2 Å². The van der Waals surface area contributed by atoms with Gasteiger partial charge in [-0.1, -0.05) is 12.2 Å². The molecule has 9 heteroatoms. The van der Waals surface area contributed by atoms with Gasteiger partial charge in [0.15, 0.2) is 0 Å². The lowest BCUT2D eigenvalue weighted by atomic mass is 9.82. The van der Waals surface area contributed by atoms with E-state index in [1.165, 1.54) is 24.3 Å². The molecule has 0 saturated carbocycles. The second kappa shape index (κ2) is 7.47. The summed E-state index contributed by atoms with van der Waals surface area (Å²) in [4.78, 5) is 34.2. The van der Waals surface area contributed by atoms with Gasteiger partial charge in [-0.15, -0.1) is 0 Å². The van der Waals surface area contributed by atoms with Gasteiger partial charge in [-0.25, -0.2) is 13.1 Å². The van der Waals surface area contributed by atoms with E-state index in [0.717, 1.165) is 6.92 Å². The molecule has 1 aliphatic carbocycles. The van der Waals surface area contributed by atoms with E-state index in [2.05, 4.69) is 5.32 Å². The van der Waals surface area contributed by atoms with Crippen LogP contribution in [0.3, 0.4) is 0 Å². The minimum atomic E-state index is -3.95. The number of benzene rings is 1. The highest BCUT2D eigenvalue weighted by molar-refractivity contribution is 7.90. The van der Waals surface area contributed by atoms with Crippen molar-refractivity contribution in [3.63, 3.8) is 0 Å². The molecule has 0 saturated heterocycles. The monoisotopic (exact) mass is 365 g/mol. The van der Waals surface area contributed by atoms with Gasteiger partial charge in [-0.3, -0.25) is 9.59 Å². The number of aliphatic carboxylic acids is 1. The number of amides is 2. The summed E-state index contributed by atoms with van der Waals surface area (Å²) in [5, 5.41) is 13.7. The Labute approximate surface area is 145 Å². The molecular formula is C16H17N2O6S-. The topological polar surface area (TPSA) is 132 Å². The van der Waals surface area contributed by atoms with Crippen molar-refractivity contribution in [3.8, 4) is 0 Å². The van der Waals surface area contributed by atoms with E-state index in [1.54, 1.807) is 12.2 Å². The molecule has 1 aromatic rings. The molecule has 1 aromatic carbocycles. The van der Waals surface area contributed by atoms with Crippen LogP contribution in [-0.2, 0) is 24.4 Å². The first-order valence-electron chi connectivity index (χ1n) is 7.51. The molecule has 0 bridgehead atoms. The summed E-state index contributed by atoms with van der Waals surface area (Å²) in [5.74, 6) is -4.12. The van der Waals surface area contributed by atoms with E-state index < -0.39 is 39.6 Å². The Kier molecular flexibility index (Phi) is 5.58. The molecule has 8 nitrogen and oxygen atoms in total. The summed E-state index contributed by atoms with van der Waals surface area (Å²) in [7, 11) is -3.95. The molecule has 0 fully saturated rings. The molecule has 25 heavy (non-hydrogen) atoms. The van der Waals surface area contributed by atoms with Crippen LogP contribution in [0, 0.1) is 11.8 Å². The van der Waals surface area contributed by atoms with Crippen LogP contribution in [0.2, 0.25) is 0 Å². The first-order chi connectivity index (χ1) is 11.7. The zero-order valence-corrected chi connectivity index (χ0v) is 14.2. The summed E-state index contributed by atoms with van der Waals surface area (Å²) in [6.07, 6.45) is 3.96. The number of hydrogen-bond acceptors (Lipinski definition) is 6. The summed E-state index contributed by atoms with van der Waals surface area (Å²) in [5.41, 5.74) is 0.318. The molecule has 0 heterocycles. The first-order valence-corrected chi connectivity index (χ1v) is 8.99. The lowest BCUT2D eigenvalue weighted by Gasteiger charge is -2.28. The van der Waals surface area contributed by atoms with Crippen LogP contribution >= 0.6 is 0 Å². The molecule has 2 amide bonds. The maximum atomic E-state index is 12.3. The minimum absolute atomic E-state index is 0.131. The quantitative estimate of drug-likeness (QED) is 0.693. The number of carboxylic acid groups (broad SMARTS) is 1. The second-order valence-electron chi connectivity index (χ2n) is 5.65. The van der Waals surface area contributed by atoms with Gasteiger partial charge in [-0.05, 0) is 37.1 Å². The van der Waals surface area contributed by atoms with Crippen molar-refractivity contribution in [2.45, 2.75) is 24.7 Å². The normalized spacial score (nSPS) is 19.9. The number of allylic oxidation sites excluding steroid dienone is 2. The van der Waals surface area contributed by atoms with Gasteiger partial charge >= 0.3 is 0 Å². The number of carbonyl (C=O) groups excluding carboxylic acids is 3. The summed E-state index contributed by atoms with van der Waals surface area (Å²) >= 11 is 0. The zero-order valence-electron chi connectivity index (χ0n) is 13.4. The Bertz CT molecular complexity index is 814. The molecule has 0 unspecified atom stereocenters. The van der Waals surface area contributed by atoms with Crippen molar-refractivity contribution in [1.29, 1.82) is 0 Å². The SMILES string of the molecule is CC(=O)NS(=O)(=O)c1ccc(NC(=O)[C@H]2CC=CC[C@H]2C(=O)[O-])cc1. The average molecular weight is 365 g/mol. The first kappa shape index (κ1) is 18.7. The van der Waals surface area contributed by atoms with E-state index in [9.17, 15) is 27.9 Å². The number of nitrogens with one attached hydrogen (secondary N) is 2. The number of sulfonamides is 1. The van der Waals surface area contributed by atoms with Gasteiger partial charge in [-0.2, -0.15) is 0 Å². The largest absolute Gasteiger partial charge is 0.550 e. The van der Waals surface area contributed by atoms with Crippen LogP contribution in [0.15, 0.2) is 41.3 Å². The van der Waals surface area contributed by atoms with Crippen molar-refractivity contribution in [2.75, 3.05) is 5.32 Å². The van der Waals surface area contributed by atoms with Crippen molar-refractivity contribution in [1.82, 2.24) is 4.72 Å². The van der Waals surface area contributed by atoms with E-state index in [0.29, 0.717) is 12.1 Å². The van der Waals surface area contributed by atoms with E-state index in [-0.39, 0.29) is 11.3 Å². The highest BCUT2D eigenvalue weighted by atomic mass is 32.2. The smallest absolute Gasteiger partial charge is 0.264 e. The van der Waals surface area contributed by atoms with E-state index >= 15 is 0 Å². The fourth-order valence-electron chi connectivity index (χ4n) is 2.56. The summed E-state index contributed by atoms with van der Waals surface area (Å²) < 4.78 is 25.5. The van der Waals surface area contributed by atoms with Gasteiger partial charge in [0.25, 0.3) is 10.0 Å². The van der Waals surface area contributed by atoms with E-state index in [4.69, 9.17) is 0 Å². The van der Waals surface area contributed by atoms with Crippen LogP contribution in [-0.4, -0.2) is 26.2 Å². The highest BCUT2D eigenvalue weighted by Crippen LogP contribution is 2.26. The second-order valence-corrected chi connectivity index (χ2v) is 7.33. The fraction of sp³-hybridized carbons (Fsp3) is 0.312. The molecule has 0 spiro atoms. The van der Waals surface area contributed by atoms with Crippen molar-refractivity contribution in [3.05, 3.63) is 36.4 Å². The molecule has 0 radical (unpaired) electrons. The predicted octanol–water partition coefficient (Wildman–Crippen LogP) is -0.218. The molecule has 0 aliphatic heterocycles.